The van der Waals surface area contributed by atoms with Crippen molar-refractivity contribution in [2.75, 3.05) is 5.32 Å². The van der Waals surface area contributed by atoms with Crippen LogP contribution in [0.2, 0.25) is 5.02 Å². The molecular formula is C13H9ClF2N2O2. The molecule has 0 saturated heterocycles. The summed E-state index contributed by atoms with van der Waals surface area (Å²) in [6, 6.07) is 7.12. The second-order valence-electron chi connectivity index (χ2n) is 4.01. The van der Waals surface area contributed by atoms with E-state index in [9.17, 15) is 18.9 Å². The molecule has 0 atom stereocenters. The second-order valence-corrected chi connectivity index (χ2v) is 4.44. The summed E-state index contributed by atoms with van der Waals surface area (Å²) in [5, 5.41) is 13.7. The van der Waals surface area contributed by atoms with Crippen LogP contribution in [0, 0.1) is 21.7 Å². The first-order chi connectivity index (χ1) is 9.47. The normalized spacial score (nSPS) is 10.3. The summed E-state index contributed by atoms with van der Waals surface area (Å²) in [5.74, 6) is -1.18. The number of nitro benzene ring substituents is 1. The molecule has 2 rings (SSSR count). The van der Waals surface area contributed by atoms with E-state index in [4.69, 9.17) is 11.6 Å². The van der Waals surface area contributed by atoms with Crippen LogP contribution < -0.4 is 5.32 Å². The molecule has 0 aliphatic rings. The second kappa shape index (κ2) is 5.83. The molecule has 7 heteroatoms. The van der Waals surface area contributed by atoms with Crippen molar-refractivity contribution in [1.82, 2.24) is 0 Å². The number of halogens is 3. The Morgan fingerprint density at radius 2 is 1.95 bits per heavy atom. The van der Waals surface area contributed by atoms with Crippen LogP contribution in [0.3, 0.4) is 0 Å². The molecular weight excluding hydrogens is 290 g/mol. The molecule has 104 valence electrons. The van der Waals surface area contributed by atoms with Gasteiger partial charge in [0.05, 0.1) is 16.2 Å². The number of hydrogen-bond donors (Lipinski definition) is 1. The number of nitrogens with zero attached hydrogens (tertiary/aromatic N) is 1. The summed E-state index contributed by atoms with van der Waals surface area (Å²) in [6.07, 6.45) is 0. The van der Waals surface area contributed by atoms with Crippen LogP contribution in [0.15, 0.2) is 36.4 Å². The van der Waals surface area contributed by atoms with Gasteiger partial charge >= 0.3 is 0 Å². The van der Waals surface area contributed by atoms with Crippen molar-refractivity contribution in [2.24, 2.45) is 0 Å². The summed E-state index contributed by atoms with van der Waals surface area (Å²) in [4.78, 5) is 10.2. The SMILES string of the molecule is O=[N+]([O-])c1ccc(F)cc1CNc1ccc(Cl)cc1F. The van der Waals surface area contributed by atoms with Crippen molar-refractivity contribution in [3.8, 4) is 0 Å². The third-order valence-electron chi connectivity index (χ3n) is 2.64. The van der Waals surface area contributed by atoms with Gasteiger partial charge in [-0.05, 0) is 30.3 Å². The van der Waals surface area contributed by atoms with Crippen LogP contribution in [-0.4, -0.2) is 4.92 Å². The summed E-state index contributed by atoms with van der Waals surface area (Å²) in [5.41, 5.74) is 0.0329. The molecule has 0 spiro atoms. The van der Waals surface area contributed by atoms with E-state index in [2.05, 4.69) is 5.32 Å². The molecule has 2 aromatic carbocycles. The molecule has 0 heterocycles. The average molecular weight is 299 g/mol. The van der Waals surface area contributed by atoms with E-state index in [1.54, 1.807) is 0 Å². The maximum atomic E-state index is 13.5. The first kappa shape index (κ1) is 14.2. The Bertz CT molecular complexity index is 665. The fourth-order valence-electron chi connectivity index (χ4n) is 1.70. The smallest absolute Gasteiger partial charge is 0.274 e. The summed E-state index contributed by atoms with van der Waals surface area (Å²) >= 11 is 5.62. The van der Waals surface area contributed by atoms with Crippen LogP contribution in [0.4, 0.5) is 20.2 Å². The highest BCUT2D eigenvalue weighted by molar-refractivity contribution is 6.30. The highest BCUT2D eigenvalue weighted by Crippen LogP contribution is 2.23. The van der Waals surface area contributed by atoms with Crippen molar-refractivity contribution in [3.05, 3.63) is 68.7 Å². The van der Waals surface area contributed by atoms with Gasteiger partial charge in [-0.1, -0.05) is 11.6 Å². The summed E-state index contributed by atoms with van der Waals surface area (Å²) < 4.78 is 26.7. The van der Waals surface area contributed by atoms with E-state index >= 15 is 0 Å². The number of rotatable bonds is 4. The van der Waals surface area contributed by atoms with Gasteiger partial charge in [0.2, 0.25) is 0 Å². The minimum atomic E-state index is -0.616. The van der Waals surface area contributed by atoms with Crippen LogP contribution in [0.25, 0.3) is 0 Å². The van der Waals surface area contributed by atoms with E-state index in [0.29, 0.717) is 0 Å². The Morgan fingerprint density at radius 1 is 1.20 bits per heavy atom. The monoisotopic (exact) mass is 298 g/mol. The van der Waals surface area contributed by atoms with E-state index in [-0.39, 0.29) is 28.5 Å². The van der Waals surface area contributed by atoms with Gasteiger partial charge in [0, 0.05) is 17.6 Å². The standard InChI is InChI=1S/C13H9ClF2N2O2/c14-9-1-3-12(11(16)6-9)17-7-8-5-10(15)2-4-13(8)18(19)20/h1-6,17H,7H2. The molecule has 20 heavy (non-hydrogen) atoms. The lowest BCUT2D eigenvalue weighted by molar-refractivity contribution is -0.385. The van der Waals surface area contributed by atoms with E-state index in [1.807, 2.05) is 0 Å². The lowest BCUT2D eigenvalue weighted by Crippen LogP contribution is -2.05. The molecule has 0 aliphatic carbocycles. The largest absolute Gasteiger partial charge is 0.378 e. The van der Waals surface area contributed by atoms with Gasteiger partial charge in [0.1, 0.15) is 11.6 Å². The number of hydrogen-bond acceptors (Lipinski definition) is 3. The topological polar surface area (TPSA) is 55.2 Å². The van der Waals surface area contributed by atoms with Crippen molar-refractivity contribution in [2.45, 2.75) is 6.54 Å². The zero-order valence-electron chi connectivity index (χ0n) is 10.1. The Balaban J connectivity index is 2.22. The fraction of sp³-hybridized carbons (Fsp3) is 0.0769. The molecule has 0 unspecified atom stereocenters. The van der Waals surface area contributed by atoms with Gasteiger partial charge < -0.3 is 5.32 Å². The predicted molar refractivity (Wildman–Crippen MR) is 71.8 cm³/mol. The van der Waals surface area contributed by atoms with Gasteiger partial charge in [0.25, 0.3) is 5.69 Å². The van der Waals surface area contributed by atoms with Crippen LogP contribution in [0.5, 0.6) is 0 Å². The third-order valence-corrected chi connectivity index (χ3v) is 2.87. The zero-order chi connectivity index (χ0) is 14.7. The quantitative estimate of drug-likeness (QED) is 0.682. The van der Waals surface area contributed by atoms with Crippen LogP contribution >= 0.6 is 11.6 Å². The molecule has 1 N–H and O–H groups in total. The first-order valence-electron chi connectivity index (χ1n) is 5.59. The number of nitrogens with one attached hydrogen (secondary N) is 1. The van der Waals surface area contributed by atoms with Crippen molar-refractivity contribution in [3.63, 3.8) is 0 Å². The van der Waals surface area contributed by atoms with Crippen LogP contribution in [0.1, 0.15) is 5.56 Å². The predicted octanol–water partition coefficient (Wildman–Crippen LogP) is 4.14. The summed E-state index contributed by atoms with van der Waals surface area (Å²) in [7, 11) is 0. The van der Waals surface area contributed by atoms with Gasteiger partial charge in [0.15, 0.2) is 0 Å². The molecule has 0 bridgehead atoms. The Kier molecular flexibility index (Phi) is 4.14. The Labute approximate surface area is 118 Å². The zero-order valence-corrected chi connectivity index (χ0v) is 10.8. The van der Waals surface area contributed by atoms with Gasteiger partial charge in [-0.2, -0.15) is 0 Å². The van der Waals surface area contributed by atoms with Crippen molar-refractivity contribution < 1.29 is 13.7 Å². The minimum absolute atomic E-state index is 0.0768. The molecule has 4 nitrogen and oxygen atoms in total. The number of anilines is 1. The molecule has 0 fully saturated rings. The van der Waals surface area contributed by atoms with Crippen molar-refractivity contribution >= 4 is 23.0 Å². The van der Waals surface area contributed by atoms with Crippen LogP contribution in [-0.2, 0) is 6.54 Å². The first-order valence-corrected chi connectivity index (χ1v) is 5.97. The van der Waals surface area contributed by atoms with Gasteiger partial charge in [-0.3, -0.25) is 10.1 Å². The molecule has 0 saturated carbocycles. The van der Waals surface area contributed by atoms with Gasteiger partial charge in [-0.25, -0.2) is 8.78 Å². The summed E-state index contributed by atoms with van der Waals surface area (Å²) in [6.45, 7) is -0.0768. The lowest BCUT2D eigenvalue weighted by Gasteiger charge is -2.08. The number of benzene rings is 2. The fourth-order valence-corrected chi connectivity index (χ4v) is 1.86. The maximum Gasteiger partial charge on any atom is 0.274 e. The molecule has 0 radical (unpaired) electrons. The Morgan fingerprint density at radius 3 is 2.60 bits per heavy atom. The maximum absolute atomic E-state index is 13.5. The molecule has 0 aromatic heterocycles. The highest BCUT2D eigenvalue weighted by atomic mass is 35.5. The molecule has 2 aromatic rings. The third kappa shape index (κ3) is 3.21. The highest BCUT2D eigenvalue weighted by Gasteiger charge is 2.14. The number of nitro groups is 1. The van der Waals surface area contributed by atoms with E-state index < -0.39 is 16.6 Å². The lowest BCUT2D eigenvalue weighted by atomic mass is 10.1. The Hall–Kier alpha value is -2.21. The average Bonchev–Trinajstić information content (AvgIpc) is 2.37. The van der Waals surface area contributed by atoms with E-state index in [0.717, 1.165) is 24.3 Å². The van der Waals surface area contributed by atoms with E-state index in [1.165, 1.54) is 12.1 Å². The molecule has 0 amide bonds. The minimum Gasteiger partial charge on any atom is -0.378 e. The van der Waals surface area contributed by atoms with Crippen molar-refractivity contribution in [1.29, 1.82) is 0 Å². The van der Waals surface area contributed by atoms with Gasteiger partial charge in [-0.15, -0.1) is 0 Å². The molecule has 0 aliphatic heterocycles.